The molecule has 1 aromatic heterocycles. The molecule has 6 nitrogen and oxygen atoms in total. The molecule has 20 heavy (non-hydrogen) atoms. The summed E-state index contributed by atoms with van der Waals surface area (Å²) < 4.78 is 25.5. The van der Waals surface area contributed by atoms with Crippen LogP contribution in [0, 0.1) is 5.92 Å². The smallest absolute Gasteiger partial charge is 0.252 e. The van der Waals surface area contributed by atoms with Crippen molar-refractivity contribution in [3.8, 4) is 0 Å². The molecular formula is C12H18N2O4S2. The lowest BCUT2D eigenvalue weighted by molar-refractivity contribution is -0.121. The minimum Gasteiger partial charge on any atom is -0.393 e. The molecule has 1 saturated carbocycles. The van der Waals surface area contributed by atoms with E-state index in [4.69, 9.17) is 5.11 Å². The summed E-state index contributed by atoms with van der Waals surface area (Å²) in [4.78, 5) is 11.7. The summed E-state index contributed by atoms with van der Waals surface area (Å²) in [5, 5.41) is 13.5. The molecule has 0 aromatic carbocycles. The second-order valence-corrected chi connectivity index (χ2v) is 8.21. The van der Waals surface area contributed by atoms with Crippen molar-refractivity contribution in [2.75, 3.05) is 20.1 Å². The summed E-state index contributed by atoms with van der Waals surface area (Å²) in [6, 6.07) is 3.18. The fourth-order valence-electron chi connectivity index (χ4n) is 2.03. The maximum Gasteiger partial charge on any atom is 0.252 e. The minimum absolute atomic E-state index is 0.199. The lowest BCUT2D eigenvalue weighted by Crippen LogP contribution is -2.42. The zero-order valence-electron chi connectivity index (χ0n) is 11.2. The van der Waals surface area contributed by atoms with E-state index >= 15 is 0 Å². The Morgan fingerprint density at radius 3 is 2.80 bits per heavy atom. The summed E-state index contributed by atoms with van der Waals surface area (Å²) in [5.74, 6) is -0.0258. The molecule has 1 aromatic rings. The molecule has 0 saturated heterocycles. The van der Waals surface area contributed by atoms with E-state index in [9.17, 15) is 13.2 Å². The van der Waals surface area contributed by atoms with Crippen LogP contribution in [0.1, 0.15) is 12.8 Å². The molecule has 112 valence electrons. The Morgan fingerprint density at radius 2 is 2.25 bits per heavy atom. The highest BCUT2D eigenvalue weighted by molar-refractivity contribution is 7.91. The third kappa shape index (κ3) is 3.57. The zero-order chi connectivity index (χ0) is 14.8. The van der Waals surface area contributed by atoms with E-state index in [1.165, 1.54) is 13.1 Å². The highest BCUT2D eigenvalue weighted by atomic mass is 32.2. The summed E-state index contributed by atoms with van der Waals surface area (Å²) in [6.07, 6.45) is 1.14. The Hall–Kier alpha value is -0.960. The van der Waals surface area contributed by atoms with E-state index in [-0.39, 0.29) is 22.8 Å². The monoisotopic (exact) mass is 318 g/mol. The molecule has 0 spiro atoms. The van der Waals surface area contributed by atoms with Crippen molar-refractivity contribution in [2.45, 2.75) is 23.2 Å². The Bertz CT molecular complexity index is 550. The highest BCUT2D eigenvalue weighted by Crippen LogP contribution is 2.26. The third-order valence-electron chi connectivity index (χ3n) is 3.32. The number of sulfonamides is 1. The summed E-state index contributed by atoms with van der Waals surface area (Å²) >= 11 is 1.13. The number of likely N-dealkylation sites (N-methyl/N-ethyl adjacent to an activating group) is 1. The molecule has 2 N–H and O–H groups in total. The second-order valence-electron chi connectivity index (χ2n) is 4.99. The fraction of sp³-hybridized carbons (Fsp3) is 0.583. The van der Waals surface area contributed by atoms with Crippen molar-refractivity contribution in [1.82, 2.24) is 9.62 Å². The molecule has 2 rings (SSSR count). The van der Waals surface area contributed by atoms with Crippen LogP contribution in [0.5, 0.6) is 0 Å². The number of carbonyl (C=O) groups excluding carboxylic acids is 1. The number of aliphatic hydroxyl groups is 1. The summed E-state index contributed by atoms with van der Waals surface area (Å²) in [5.41, 5.74) is 0. The molecule has 0 atom stereocenters. The molecular weight excluding hydrogens is 300 g/mol. The first-order chi connectivity index (χ1) is 9.39. The van der Waals surface area contributed by atoms with E-state index in [1.54, 1.807) is 11.4 Å². The first-order valence-electron chi connectivity index (χ1n) is 6.34. The number of aliphatic hydroxyl groups excluding tert-OH is 1. The predicted octanol–water partition coefficient (Wildman–Crippen LogP) is 0.256. The van der Waals surface area contributed by atoms with Gasteiger partial charge in [0.15, 0.2) is 0 Å². The van der Waals surface area contributed by atoms with Gasteiger partial charge >= 0.3 is 0 Å². The van der Waals surface area contributed by atoms with Gasteiger partial charge in [0.05, 0.1) is 12.6 Å². The predicted molar refractivity (Wildman–Crippen MR) is 75.9 cm³/mol. The van der Waals surface area contributed by atoms with Gasteiger partial charge in [0.1, 0.15) is 4.21 Å². The van der Waals surface area contributed by atoms with Gasteiger partial charge in [-0.2, -0.15) is 4.31 Å². The number of hydrogen-bond donors (Lipinski definition) is 2. The van der Waals surface area contributed by atoms with Crippen molar-refractivity contribution in [3.05, 3.63) is 17.5 Å². The van der Waals surface area contributed by atoms with Gasteiger partial charge in [0, 0.05) is 13.6 Å². The van der Waals surface area contributed by atoms with Crippen LogP contribution >= 0.6 is 11.3 Å². The molecule has 0 unspecified atom stereocenters. The number of hydrogen-bond acceptors (Lipinski definition) is 5. The van der Waals surface area contributed by atoms with Crippen LogP contribution in [-0.2, 0) is 14.8 Å². The van der Waals surface area contributed by atoms with Crippen molar-refractivity contribution in [1.29, 1.82) is 0 Å². The van der Waals surface area contributed by atoms with Gasteiger partial charge in [-0.05, 0) is 30.2 Å². The molecule has 1 amide bonds. The van der Waals surface area contributed by atoms with E-state index in [1.807, 2.05) is 0 Å². The van der Waals surface area contributed by atoms with Crippen LogP contribution in [-0.4, -0.2) is 50.0 Å². The number of amides is 1. The van der Waals surface area contributed by atoms with Crippen LogP contribution < -0.4 is 5.32 Å². The van der Waals surface area contributed by atoms with E-state index < -0.39 is 10.0 Å². The molecule has 1 heterocycles. The SMILES string of the molecule is CN(CC(=O)NCC1CC(O)C1)S(=O)(=O)c1cccs1. The van der Waals surface area contributed by atoms with Gasteiger partial charge in [0.2, 0.25) is 5.91 Å². The quantitative estimate of drug-likeness (QED) is 0.787. The largest absolute Gasteiger partial charge is 0.393 e. The van der Waals surface area contributed by atoms with Crippen molar-refractivity contribution < 1.29 is 18.3 Å². The third-order valence-corrected chi connectivity index (χ3v) is 6.50. The maximum absolute atomic E-state index is 12.1. The topological polar surface area (TPSA) is 86.7 Å². The number of nitrogens with zero attached hydrogens (tertiary/aromatic N) is 1. The van der Waals surface area contributed by atoms with Gasteiger partial charge in [-0.1, -0.05) is 6.07 Å². The molecule has 0 aliphatic heterocycles. The van der Waals surface area contributed by atoms with Crippen LogP contribution in [0.3, 0.4) is 0 Å². The average Bonchev–Trinajstić information content (AvgIpc) is 2.87. The van der Waals surface area contributed by atoms with Crippen LogP contribution in [0.2, 0.25) is 0 Å². The van der Waals surface area contributed by atoms with Gasteiger partial charge in [-0.25, -0.2) is 8.42 Å². The maximum atomic E-state index is 12.1. The Kier molecular flexibility index (Phi) is 4.79. The van der Waals surface area contributed by atoms with Gasteiger partial charge in [0.25, 0.3) is 10.0 Å². The number of nitrogens with one attached hydrogen (secondary N) is 1. The normalized spacial score (nSPS) is 22.6. The van der Waals surface area contributed by atoms with E-state index in [2.05, 4.69) is 5.32 Å². The summed E-state index contributed by atoms with van der Waals surface area (Å²) in [6.45, 7) is 0.290. The van der Waals surface area contributed by atoms with Gasteiger partial charge < -0.3 is 10.4 Å². The second kappa shape index (κ2) is 6.21. The van der Waals surface area contributed by atoms with Crippen molar-refractivity contribution in [2.24, 2.45) is 5.92 Å². The first-order valence-corrected chi connectivity index (χ1v) is 8.66. The van der Waals surface area contributed by atoms with E-state index in [0.717, 1.165) is 15.6 Å². The average molecular weight is 318 g/mol. The zero-order valence-corrected chi connectivity index (χ0v) is 12.8. The molecule has 8 heteroatoms. The Morgan fingerprint density at radius 1 is 1.55 bits per heavy atom. The lowest BCUT2D eigenvalue weighted by atomic mass is 9.82. The van der Waals surface area contributed by atoms with Crippen LogP contribution in [0.25, 0.3) is 0 Å². The Balaban J connectivity index is 1.81. The van der Waals surface area contributed by atoms with Crippen LogP contribution in [0.4, 0.5) is 0 Å². The molecule has 0 bridgehead atoms. The molecule has 1 aliphatic rings. The van der Waals surface area contributed by atoms with Crippen molar-refractivity contribution >= 4 is 27.3 Å². The van der Waals surface area contributed by atoms with Crippen molar-refractivity contribution in [3.63, 3.8) is 0 Å². The molecule has 1 fully saturated rings. The number of thiophene rings is 1. The van der Waals surface area contributed by atoms with E-state index in [0.29, 0.717) is 25.3 Å². The minimum atomic E-state index is -3.58. The highest BCUT2D eigenvalue weighted by Gasteiger charge is 2.28. The summed E-state index contributed by atoms with van der Waals surface area (Å²) in [7, 11) is -2.19. The Labute approximate surface area is 122 Å². The lowest BCUT2D eigenvalue weighted by Gasteiger charge is -2.31. The standard InChI is InChI=1S/C12H18N2O4S2/c1-14(20(17,18)12-3-2-4-19-12)8-11(16)13-7-9-5-10(15)6-9/h2-4,9-10,15H,5-8H2,1H3,(H,13,16). The number of rotatable bonds is 6. The van der Waals surface area contributed by atoms with Gasteiger partial charge in [-0.15, -0.1) is 11.3 Å². The first kappa shape index (κ1) is 15.4. The molecule has 1 aliphatic carbocycles. The number of carbonyl (C=O) groups is 1. The fourth-order valence-corrected chi connectivity index (χ4v) is 4.36. The van der Waals surface area contributed by atoms with Crippen LogP contribution in [0.15, 0.2) is 21.7 Å². The molecule has 0 radical (unpaired) electrons. The van der Waals surface area contributed by atoms with Gasteiger partial charge in [-0.3, -0.25) is 4.79 Å².